The van der Waals surface area contributed by atoms with Crippen LogP contribution in [0.3, 0.4) is 0 Å². The second-order valence-electron chi connectivity index (χ2n) is 15.4. The highest BCUT2D eigenvalue weighted by Gasteiger charge is 2.60. The van der Waals surface area contributed by atoms with Gasteiger partial charge in [0.25, 0.3) is 0 Å². The summed E-state index contributed by atoms with van der Waals surface area (Å²) in [5.74, 6) is 1.58. The fourth-order valence-electron chi connectivity index (χ4n) is 9.21. The number of carboxylic acids is 1. The second-order valence-corrected chi connectivity index (χ2v) is 15.4. The van der Waals surface area contributed by atoms with Gasteiger partial charge in [0.1, 0.15) is 36.3 Å². The van der Waals surface area contributed by atoms with E-state index in [1.807, 2.05) is 24.3 Å². The SMILES string of the molecule is C=CCc1ccc(OC2OC3C(CCCO)OC#CCC(O)C(C4CCC5CC(Cc6ccc(C(=O)O)cc6)CC5(O)C4)CC2(O)C(O)C3O)cc1. The molecule has 2 saturated carbocycles. The number of carbonyl (C=O) groups is 1. The maximum Gasteiger partial charge on any atom is 0.335 e. The van der Waals surface area contributed by atoms with Crippen molar-refractivity contribution >= 4 is 5.97 Å². The van der Waals surface area contributed by atoms with Crippen LogP contribution in [0.4, 0.5) is 0 Å². The molecule has 0 amide bonds. The van der Waals surface area contributed by atoms with Gasteiger partial charge in [0.15, 0.2) is 5.60 Å². The van der Waals surface area contributed by atoms with E-state index in [1.165, 1.54) is 0 Å². The predicted molar refractivity (Wildman–Crippen MR) is 190 cm³/mol. The molecule has 11 heteroatoms. The number of aliphatic hydroxyl groups is 6. The van der Waals surface area contributed by atoms with Crippen molar-refractivity contribution in [3.8, 4) is 17.8 Å². The zero-order chi connectivity index (χ0) is 37.0. The summed E-state index contributed by atoms with van der Waals surface area (Å²) in [6.07, 6.45) is 1.30. The molecule has 0 aromatic heterocycles. The molecule has 2 aromatic rings. The molecule has 3 heterocycles. The molecule has 11 nitrogen and oxygen atoms in total. The topological polar surface area (TPSA) is 186 Å². The molecule has 2 aromatic carbocycles. The molecule has 52 heavy (non-hydrogen) atoms. The third kappa shape index (κ3) is 8.19. The summed E-state index contributed by atoms with van der Waals surface area (Å²) < 4.78 is 18.4. The normalized spacial score (nSPS) is 37.3. The average molecular weight is 721 g/mol. The van der Waals surface area contributed by atoms with Crippen LogP contribution in [0.25, 0.3) is 0 Å². The van der Waals surface area contributed by atoms with Crippen LogP contribution in [-0.2, 0) is 22.3 Å². The molecule has 0 spiro atoms. The lowest BCUT2D eigenvalue weighted by molar-refractivity contribution is -0.334. The molecule has 1 saturated heterocycles. The fraction of sp³-hybridized carbons (Fsp3) is 0.585. The Morgan fingerprint density at radius 1 is 1.00 bits per heavy atom. The molecule has 7 N–H and O–H groups in total. The first-order chi connectivity index (χ1) is 24.9. The molecule has 2 bridgehead atoms. The van der Waals surface area contributed by atoms with Crippen molar-refractivity contribution in [1.82, 2.24) is 0 Å². The smallest absolute Gasteiger partial charge is 0.335 e. The van der Waals surface area contributed by atoms with Gasteiger partial charge in [-0.2, -0.15) is 0 Å². The van der Waals surface area contributed by atoms with Gasteiger partial charge in [-0.25, -0.2) is 4.79 Å². The lowest BCUT2D eigenvalue weighted by atomic mass is 9.64. The molecular weight excluding hydrogens is 668 g/mol. The van der Waals surface area contributed by atoms with E-state index in [4.69, 9.17) is 14.2 Å². The van der Waals surface area contributed by atoms with Crippen molar-refractivity contribution in [3.05, 3.63) is 77.9 Å². The molecule has 3 fully saturated rings. The molecule has 282 valence electrons. The van der Waals surface area contributed by atoms with Gasteiger partial charge in [0.2, 0.25) is 6.29 Å². The van der Waals surface area contributed by atoms with Crippen molar-refractivity contribution in [2.24, 2.45) is 23.7 Å². The summed E-state index contributed by atoms with van der Waals surface area (Å²) in [4.78, 5) is 11.3. The summed E-state index contributed by atoms with van der Waals surface area (Å²) in [6, 6.07) is 14.0. The number of allylic oxidation sites excluding steroid dienone is 1. The van der Waals surface area contributed by atoms with Crippen LogP contribution in [0.15, 0.2) is 61.2 Å². The van der Waals surface area contributed by atoms with E-state index in [2.05, 4.69) is 18.6 Å². The van der Waals surface area contributed by atoms with Gasteiger partial charge in [-0.05, 0) is 123 Å². The Bertz CT molecular complexity index is 1580. The summed E-state index contributed by atoms with van der Waals surface area (Å²) in [7, 11) is 0. The van der Waals surface area contributed by atoms with Crippen molar-refractivity contribution in [2.75, 3.05) is 6.61 Å². The van der Waals surface area contributed by atoms with Crippen LogP contribution in [-0.4, -0.2) is 96.3 Å². The number of benzene rings is 2. The Balaban J connectivity index is 1.27. The molecular formula is C41H52O11. The maximum absolute atomic E-state index is 12.5. The van der Waals surface area contributed by atoms with E-state index in [-0.39, 0.29) is 49.2 Å². The highest BCUT2D eigenvalue weighted by Crippen LogP contribution is 2.54. The number of fused-ring (bicyclic) bond motifs is 9. The quantitative estimate of drug-likeness (QED) is 0.133. The molecule has 12 unspecified atom stereocenters. The Hall–Kier alpha value is -3.47. The van der Waals surface area contributed by atoms with E-state index in [0.717, 1.165) is 17.5 Å². The largest absolute Gasteiger partial charge is 0.478 e. The van der Waals surface area contributed by atoms with Crippen molar-refractivity contribution < 1.29 is 54.8 Å². The van der Waals surface area contributed by atoms with E-state index < -0.39 is 59.9 Å². The van der Waals surface area contributed by atoms with Crippen LogP contribution in [0.5, 0.6) is 5.75 Å². The molecule has 3 aliphatic heterocycles. The summed E-state index contributed by atoms with van der Waals surface area (Å²) >= 11 is 0. The predicted octanol–water partition coefficient (Wildman–Crippen LogP) is 3.36. The first-order valence-electron chi connectivity index (χ1n) is 18.5. The Kier molecular flexibility index (Phi) is 12.0. The first-order valence-corrected chi connectivity index (χ1v) is 18.5. The molecule has 12 atom stereocenters. The Labute approximate surface area is 304 Å². The zero-order valence-corrected chi connectivity index (χ0v) is 29.4. The Morgan fingerprint density at radius 2 is 1.73 bits per heavy atom. The van der Waals surface area contributed by atoms with Crippen LogP contribution < -0.4 is 4.74 Å². The number of rotatable bonds is 11. The number of hydrogen-bond acceptors (Lipinski definition) is 10. The number of aliphatic hydroxyl groups excluding tert-OH is 4. The first kappa shape index (κ1) is 38.3. The van der Waals surface area contributed by atoms with Gasteiger partial charge < -0.3 is 50.0 Å². The third-order valence-electron chi connectivity index (χ3n) is 11.9. The van der Waals surface area contributed by atoms with Gasteiger partial charge >= 0.3 is 5.97 Å². The fourth-order valence-corrected chi connectivity index (χ4v) is 9.21. The average Bonchev–Trinajstić information content (AvgIpc) is 3.46. The van der Waals surface area contributed by atoms with Gasteiger partial charge in [-0.3, -0.25) is 0 Å². The van der Waals surface area contributed by atoms with E-state index in [9.17, 15) is 40.5 Å². The minimum absolute atomic E-state index is 0.0151. The zero-order valence-electron chi connectivity index (χ0n) is 29.4. The van der Waals surface area contributed by atoms with Crippen LogP contribution in [0.1, 0.15) is 79.3 Å². The number of ether oxygens (including phenoxy) is 3. The highest BCUT2D eigenvalue weighted by molar-refractivity contribution is 5.87. The van der Waals surface area contributed by atoms with E-state index >= 15 is 0 Å². The molecule has 7 rings (SSSR count). The summed E-state index contributed by atoms with van der Waals surface area (Å²) in [6.45, 7) is 3.63. The van der Waals surface area contributed by atoms with Crippen LogP contribution in [0, 0.1) is 35.7 Å². The maximum atomic E-state index is 12.5. The molecule has 0 radical (unpaired) electrons. The number of hydrogen-bond donors (Lipinski definition) is 7. The van der Waals surface area contributed by atoms with Gasteiger partial charge in [-0.15, -0.1) is 6.58 Å². The van der Waals surface area contributed by atoms with Crippen molar-refractivity contribution in [3.63, 3.8) is 0 Å². The number of carboxylic acid groups (broad SMARTS) is 1. The minimum atomic E-state index is -2.19. The summed E-state index contributed by atoms with van der Waals surface area (Å²) in [5, 5.41) is 78.4. The second kappa shape index (κ2) is 16.3. The van der Waals surface area contributed by atoms with Crippen molar-refractivity contribution in [2.45, 2.75) is 119 Å². The van der Waals surface area contributed by atoms with Crippen LogP contribution in [0.2, 0.25) is 0 Å². The van der Waals surface area contributed by atoms with Gasteiger partial charge in [0.05, 0.1) is 17.3 Å². The third-order valence-corrected chi connectivity index (χ3v) is 11.9. The Morgan fingerprint density at radius 3 is 2.42 bits per heavy atom. The van der Waals surface area contributed by atoms with E-state index in [1.54, 1.807) is 30.3 Å². The lowest BCUT2D eigenvalue weighted by Gasteiger charge is -2.52. The standard InChI is InChI=1S/C41H52O11/c1-2-5-25-10-16-31(17-11-25)51-39-41(49)24-32(33(43)6-4-19-50-34(7-3-18-42)36(52-39)35(44)37(41)45)29-14-15-30-21-27(22-40(30,48)23-29)20-26-8-12-28(13-9-26)38(46)47/h2,8-13,16-17,27,29-30,32-37,39,42-45,48-49H,1,3,5-7,14-15,18,20-24H2,(H,46,47). The van der Waals surface area contributed by atoms with Crippen LogP contribution >= 0.6 is 0 Å². The summed E-state index contributed by atoms with van der Waals surface area (Å²) in [5.41, 5.74) is -0.962. The highest BCUT2D eigenvalue weighted by atomic mass is 16.7. The minimum Gasteiger partial charge on any atom is -0.478 e. The van der Waals surface area contributed by atoms with Crippen molar-refractivity contribution in [1.29, 1.82) is 0 Å². The lowest BCUT2D eigenvalue weighted by Crippen LogP contribution is -2.70. The van der Waals surface area contributed by atoms with Gasteiger partial charge in [-0.1, -0.05) is 36.3 Å². The number of aromatic carboxylic acids is 1. The molecule has 2 aliphatic carbocycles. The molecule has 5 aliphatic rings. The monoisotopic (exact) mass is 720 g/mol. The van der Waals surface area contributed by atoms with Gasteiger partial charge in [0, 0.05) is 13.0 Å². The van der Waals surface area contributed by atoms with E-state index in [0.29, 0.717) is 50.7 Å².